The molecule has 1 aliphatic heterocycles. The van der Waals surface area contributed by atoms with E-state index in [0.717, 1.165) is 19.0 Å². The van der Waals surface area contributed by atoms with Crippen LogP contribution < -0.4 is 29.6 Å². The van der Waals surface area contributed by atoms with Crippen LogP contribution in [0.15, 0.2) is 0 Å². The van der Waals surface area contributed by atoms with Gasteiger partial charge in [0.25, 0.3) is 0 Å². The molecule has 0 saturated carbocycles. The summed E-state index contributed by atoms with van der Waals surface area (Å²) in [5, 5.41) is 4.32. The zero-order valence-corrected chi connectivity index (χ0v) is 10.0. The second-order valence-electron chi connectivity index (χ2n) is 3.38. The van der Waals surface area contributed by atoms with E-state index in [1.54, 1.807) is 0 Å². The first kappa shape index (κ1) is 11.9. The fraction of sp³-hybridized carbons (Fsp3) is 1.00. The Labute approximate surface area is 92.0 Å². The summed E-state index contributed by atoms with van der Waals surface area (Å²) in [6.45, 7) is 3.44. The predicted octanol–water partition coefficient (Wildman–Crippen LogP) is -1.66. The molecule has 0 aromatic carbocycles. The number of rotatable bonds is 2. The van der Waals surface area contributed by atoms with Gasteiger partial charge in [0, 0.05) is 6.54 Å². The SMILES string of the molecule is CN(C)CC1CC[N-]CC1.[Na+]. The first-order valence-corrected chi connectivity index (χ1v) is 4.07. The van der Waals surface area contributed by atoms with Crippen molar-refractivity contribution in [1.82, 2.24) is 4.90 Å². The summed E-state index contributed by atoms with van der Waals surface area (Å²) in [4.78, 5) is 2.27. The van der Waals surface area contributed by atoms with Gasteiger partial charge >= 0.3 is 29.6 Å². The molecule has 3 heteroatoms. The van der Waals surface area contributed by atoms with Gasteiger partial charge in [-0.15, -0.1) is 13.1 Å². The van der Waals surface area contributed by atoms with Crippen LogP contribution in [-0.2, 0) is 0 Å². The van der Waals surface area contributed by atoms with E-state index < -0.39 is 0 Å². The zero-order chi connectivity index (χ0) is 7.40. The van der Waals surface area contributed by atoms with Crippen molar-refractivity contribution in [2.75, 3.05) is 33.7 Å². The van der Waals surface area contributed by atoms with E-state index in [9.17, 15) is 0 Å². The van der Waals surface area contributed by atoms with Crippen LogP contribution >= 0.6 is 0 Å². The van der Waals surface area contributed by atoms with Crippen LogP contribution in [0.2, 0.25) is 0 Å². The molecule has 1 aliphatic rings. The topological polar surface area (TPSA) is 17.3 Å². The van der Waals surface area contributed by atoms with Gasteiger partial charge in [-0.05, 0) is 20.0 Å². The minimum absolute atomic E-state index is 0. The molecule has 1 saturated heterocycles. The van der Waals surface area contributed by atoms with Gasteiger partial charge in [0.2, 0.25) is 0 Å². The van der Waals surface area contributed by atoms with Gasteiger partial charge in [-0.2, -0.15) is 0 Å². The smallest absolute Gasteiger partial charge is 0.662 e. The molecule has 0 atom stereocenters. The van der Waals surface area contributed by atoms with Crippen molar-refractivity contribution in [1.29, 1.82) is 0 Å². The van der Waals surface area contributed by atoms with Crippen LogP contribution in [0, 0.1) is 5.92 Å². The molecule has 0 aromatic rings. The Morgan fingerprint density at radius 2 is 1.82 bits per heavy atom. The third-order valence-corrected chi connectivity index (χ3v) is 2.01. The third kappa shape index (κ3) is 5.21. The largest absolute Gasteiger partial charge is 1.00 e. The molecule has 0 N–H and O–H groups in total. The summed E-state index contributed by atoms with van der Waals surface area (Å²) in [5.41, 5.74) is 0. The van der Waals surface area contributed by atoms with Crippen LogP contribution in [0.1, 0.15) is 12.8 Å². The molecular formula is C8H17N2Na. The van der Waals surface area contributed by atoms with Gasteiger partial charge in [0.1, 0.15) is 0 Å². The van der Waals surface area contributed by atoms with Gasteiger partial charge in [-0.1, -0.05) is 12.8 Å². The van der Waals surface area contributed by atoms with Gasteiger partial charge in [-0.3, -0.25) is 0 Å². The van der Waals surface area contributed by atoms with E-state index in [4.69, 9.17) is 0 Å². The monoisotopic (exact) mass is 164 g/mol. The Kier molecular flexibility index (Phi) is 6.98. The van der Waals surface area contributed by atoms with Crippen molar-refractivity contribution in [2.24, 2.45) is 5.92 Å². The summed E-state index contributed by atoms with van der Waals surface area (Å²) in [5.74, 6) is 0.910. The van der Waals surface area contributed by atoms with Gasteiger partial charge in [-0.25, -0.2) is 0 Å². The second-order valence-corrected chi connectivity index (χ2v) is 3.38. The van der Waals surface area contributed by atoms with E-state index >= 15 is 0 Å². The van der Waals surface area contributed by atoms with Crippen LogP contribution in [0.4, 0.5) is 0 Å². The molecule has 0 spiro atoms. The standard InChI is InChI=1S/C8H17N2.Na/c1-10(2)7-8-3-5-9-6-4-8;/h8H,3-7H2,1-2H3;/q-1;+1. The quantitative estimate of drug-likeness (QED) is 0.446. The van der Waals surface area contributed by atoms with Crippen LogP contribution in [-0.4, -0.2) is 38.6 Å². The van der Waals surface area contributed by atoms with Crippen LogP contribution in [0.5, 0.6) is 0 Å². The fourth-order valence-corrected chi connectivity index (χ4v) is 1.50. The molecule has 0 amide bonds. The second kappa shape index (κ2) is 6.44. The van der Waals surface area contributed by atoms with Crippen LogP contribution in [0.25, 0.3) is 5.32 Å². The fourth-order valence-electron chi connectivity index (χ4n) is 1.50. The Hall–Kier alpha value is 0.920. The van der Waals surface area contributed by atoms with Gasteiger partial charge < -0.3 is 10.2 Å². The predicted molar refractivity (Wildman–Crippen MR) is 44.4 cm³/mol. The van der Waals surface area contributed by atoms with Crippen molar-refractivity contribution in [3.8, 4) is 0 Å². The Morgan fingerprint density at radius 1 is 1.27 bits per heavy atom. The number of nitrogens with zero attached hydrogens (tertiary/aromatic N) is 2. The van der Waals surface area contributed by atoms with Crippen molar-refractivity contribution in [3.63, 3.8) is 0 Å². The first-order chi connectivity index (χ1) is 4.79. The third-order valence-electron chi connectivity index (χ3n) is 2.01. The molecule has 0 bridgehead atoms. The number of hydrogen-bond donors (Lipinski definition) is 0. The average Bonchev–Trinajstić information content (AvgIpc) is 1.88. The van der Waals surface area contributed by atoms with E-state index in [0.29, 0.717) is 0 Å². The maximum Gasteiger partial charge on any atom is 1.00 e. The zero-order valence-electron chi connectivity index (χ0n) is 8.01. The van der Waals surface area contributed by atoms with Crippen molar-refractivity contribution in [3.05, 3.63) is 5.32 Å². The van der Waals surface area contributed by atoms with Crippen molar-refractivity contribution >= 4 is 0 Å². The summed E-state index contributed by atoms with van der Waals surface area (Å²) < 4.78 is 0. The summed E-state index contributed by atoms with van der Waals surface area (Å²) in [7, 11) is 4.29. The average molecular weight is 164 g/mol. The Balaban J connectivity index is 0.000001000. The molecule has 1 rings (SSSR count). The maximum atomic E-state index is 4.32. The molecule has 2 nitrogen and oxygen atoms in total. The Bertz CT molecular complexity index is 90.1. The first-order valence-electron chi connectivity index (χ1n) is 4.07. The van der Waals surface area contributed by atoms with Crippen LogP contribution in [0.3, 0.4) is 0 Å². The molecule has 11 heavy (non-hydrogen) atoms. The molecule has 1 fully saturated rings. The van der Waals surface area contributed by atoms with E-state index in [2.05, 4.69) is 24.3 Å². The molecule has 0 unspecified atom stereocenters. The van der Waals surface area contributed by atoms with Gasteiger partial charge in [0.15, 0.2) is 0 Å². The summed E-state index contributed by atoms with van der Waals surface area (Å²) >= 11 is 0. The Morgan fingerprint density at radius 3 is 2.27 bits per heavy atom. The van der Waals surface area contributed by atoms with Crippen molar-refractivity contribution < 1.29 is 29.6 Å². The van der Waals surface area contributed by atoms with E-state index in [-0.39, 0.29) is 29.6 Å². The normalized spacial score (nSPS) is 19.9. The molecule has 60 valence electrons. The molecule has 0 aromatic heterocycles. The summed E-state index contributed by atoms with van der Waals surface area (Å²) in [6, 6.07) is 0. The minimum atomic E-state index is 0. The minimum Gasteiger partial charge on any atom is -0.662 e. The molecule has 0 radical (unpaired) electrons. The van der Waals surface area contributed by atoms with Crippen molar-refractivity contribution in [2.45, 2.75) is 12.8 Å². The summed E-state index contributed by atoms with van der Waals surface area (Å²) in [6.07, 6.45) is 2.61. The van der Waals surface area contributed by atoms with Gasteiger partial charge in [0.05, 0.1) is 0 Å². The van der Waals surface area contributed by atoms with E-state index in [1.165, 1.54) is 19.4 Å². The molecular weight excluding hydrogens is 147 g/mol. The number of piperidine rings is 1. The van der Waals surface area contributed by atoms with E-state index in [1.807, 2.05) is 0 Å². The number of hydrogen-bond acceptors (Lipinski definition) is 1. The molecule has 0 aliphatic carbocycles. The molecule has 1 heterocycles. The maximum absolute atomic E-state index is 4.32.